The summed E-state index contributed by atoms with van der Waals surface area (Å²) in [6.45, 7) is 3.88. The van der Waals surface area contributed by atoms with Crippen molar-refractivity contribution in [3.8, 4) is 5.88 Å². The largest absolute Gasteiger partial charge is 0.473 e. The van der Waals surface area contributed by atoms with Crippen LogP contribution in [0, 0.1) is 0 Å². The van der Waals surface area contributed by atoms with Crippen molar-refractivity contribution in [2.45, 2.75) is 20.0 Å². The van der Waals surface area contributed by atoms with Gasteiger partial charge in [-0.1, -0.05) is 22.0 Å². The minimum absolute atomic E-state index is 0.0379. The van der Waals surface area contributed by atoms with Crippen LogP contribution in [0.1, 0.15) is 13.8 Å². The Bertz CT molecular complexity index is 572. The molecule has 19 heavy (non-hydrogen) atoms. The van der Waals surface area contributed by atoms with E-state index < -0.39 is 0 Å². The van der Waals surface area contributed by atoms with Gasteiger partial charge in [-0.15, -0.1) is 0 Å². The second-order valence-electron chi connectivity index (χ2n) is 4.39. The number of aromatic nitrogens is 1. The molecule has 2 aromatic rings. The number of hydrogen-bond acceptors (Lipinski definition) is 4. The first-order valence-corrected chi connectivity index (χ1v) is 6.79. The van der Waals surface area contributed by atoms with Gasteiger partial charge in [-0.2, -0.15) is 4.98 Å². The Morgan fingerprint density at radius 3 is 2.74 bits per heavy atom. The summed E-state index contributed by atoms with van der Waals surface area (Å²) in [4.78, 5) is 4.36. The molecule has 0 fully saturated rings. The number of anilines is 3. The molecule has 0 saturated heterocycles. The van der Waals surface area contributed by atoms with E-state index in [1.165, 1.54) is 0 Å². The summed E-state index contributed by atoms with van der Waals surface area (Å²) in [6.07, 6.45) is 0.0379. The molecule has 5 heteroatoms. The lowest BCUT2D eigenvalue weighted by atomic mass is 10.3. The molecule has 1 aromatic heterocycles. The van der Waals surface area contributed by atoms with Crippen molar-refractivity contribution >= 4 is 33.1 Å². The van der Waals surface area contributed by atoms with Gasteiger partial charge in [-0.05, 0) is 44.2 Å². The Hall–Kier alpha value is -1.75. The molecular weight excluding hydrogens is 306 g/mol. The van der Waals surface area contributed by atoms with E-state index in [2.05, 4.69) is 26.2 Å². The van der Waals surface area contributed by atoms with Gasteiger partial charge in [0.1, 0.15) is 5.82 Å². The Labute approximate surface area is 121 Å². The molecule has 0 spiro atoms. The number of pyridine rings is 1. The fraction of sp³-hybridized carbons (Fsp3) is 0.214. The van der Waals surface area contributed by atoms with Crippen molar-refractivity contribution < 1.29 is 4.74 Å². The number of ether oxygens (including phenoxy) is 1. The predicted molar refractivity (Wildman–Crippen MR) is 81.8 cm³/mol. The number of halogens is 1. The standard InChI is InChI=1S/C14H16BrN3O/c1-9(2)19-14-12(16)6-7-13(18-14)17-11-5-3-4-10(15)8-11/h3-9H,16H2,1-2H3,(H,17,18). The SMILES string of the molecule is CC(C)Oc1nc(Nc2cccc(Br)c2)ccc1N. The second kappa shape index (κ2) is 5.93. The van der Waals surface area contributed by atoms with E-state index in [9.17, 15) is 0 Å². The first-order chi connectivity index (χ1) is 9.04. The zero-order valence-corrected chi connectivity index (χ0v) is 12.4. The first-order valence-electron chi connectivity index (χ1n) is 6.00. The third-order valence-electron chi connectivity index (χ3n) is 2.33. The van der Waals surface area contributed by atoms with E-state index in [-0.39, 0.29) is 6.10 Å². The summed E-state index contributed by atoms with van der Waals surface area (Å²) in [7, 11) is 0. The smallest absolute Gasteiger partial charge is 0.239 e. The first kappa shape index (κ1) is 13.7. The van der Waals surface area contributed by atoms with E-state index in [4.69, 9.17) is 10.5 Å². The van der Waals surface area contributed by atoms with Crippen molar-refractivity contribution in [3.05, 3.63) is 40.9 Å². The van der Waals surface area contributed by atoms with Gasteiger partial charge in [0.15, 0.2) is 0 Å². The molecule has 4 nitrogen and oxygen atoms in total. The lowest BCUT2D eigenvalue weighted by Crippen LogP contribution is -2.09. The van der Waals surface area contributed by atoms with Gasteiger partial charge in [-0.25, -0.2) is 0 Å². The maximum Gasteiger partial charge on any atom is 0.239 e. The minimum atomic E-state index is 0.0379. The van der Waals surface area contributed by atoms with Crippen LogP contribution in [0.25, 0.3) is 0 Å². The molecule has 100 valence electrons. The molecule has 0 aliphatic heterocycles. The molecule has 0 aliphatic rings. The van der Waals surface area contributed by atoms with Crippen LogP contribution in [0.15, 0.2) is 40.9 Å². The van der Waals surface area contributed by atoms with Crippen LogP contribution in [0.4, 0.5) is 17.2 Å². The van der Waals surface area contributed by atoms with E-state index in [0.717, 1.165) is 10.2 Å². The average molecular weight is 322 g/mol. The normalized spacial score (nSPS) is 10.5. The number of nitrogens with two attached hydrogens (primary N) is 1. The van der Waals surface area contributed by atoms with Crippen molar-refractivity contribution in [2.24, 2.45) is 0 Å². The molecular formula is C14H16BrN3O. The Balaban J connectivity index is 2.21. The van der Waals surface area contributed by atoms with Gasteiger partial charge in [-0.3, -0.25) is 0 Å². The number of rotatable bonds is 4. The van der Waals surface area contributed by atoms with E-state index in [1.54, 1.807) is 6.07 Å². The maximum absolute atomic E-state index is 5.83. The molecule has 3 N–H and O–H groups in total. The van der Waals surface area contributed by atoms with Crippen molar-refractivity contribution in [2.75, 3.05) is 11.1 Å². The Morgan fingerprint density at radius 1 is 1.26 bits per heavy atom. The van der Waals surface area contributed by atoms with Gasteiger partial charge in [0, 0.05) is 10.2 Å². The zero-order valence-electron chi connectivity index (χ0n) is 10.9. The molecule has 1 aromatic carbocycles. The lowest BCUT2D eigenvalue weighted by Gasteiger charge is -2.13. The average Bonchev–Trinajstić information content (AvgIpc) is 2.33. The van der Waals surface area contributed by atoms with Gasteiger partial charge in [0.05, 0.1) is 11.8 Å². The van der Waals surface area contributed by atoms with Crippen LogP contribution in [0.5, 0.6) is 5.88 Å². The number of nitrogen functional groups attached to an aromatic ring is 1. The Kier molecular flexibility index (Phi) is 4.27. The van der Waals surface area contributed by atoms with Gasteiger partial charge in [0.25, 0.3) is 0 Å². The van der Waals surface area contributed by atoms with Crippen molar-refractivity contribution in [1.82, 2.24) is 4.98 Å². The Morgan fingerprint density at radius 2 is 2.05 bits per heavy atom. The molecule has 0 amide bonds. The highest BCUT2D eigenvalue weighted by atomic mass is 79.9. The van der Waals surface area contributed by atoms with E-state index in [0.29, 0.717) is 17.4 Å². The van der Waals surface area contributed by atoms with E-state index in [1.807, 2.05) is 44.2 Å². The summed E-state index contributed by atoms with van der Waals surface area (Å²) >= 11 is 3.43. The summed E-state index contributed by atoms with van der Waals surface area (Å²) in [5.74, 6) is 1.15. The molecule has 1 heterocycles. The highest BCUT2D eigenvalue weighted by molar-refractivity contribution is 9.10. The summed E-state index contributed by atoms with van der Waals surface area (Å²) < 4.78 is 6.57. The van der Waals surface area contributed by atoms with Gasteiger partial charge >= 0.3 is 0 Å². The highest BCUT2D eigenvalue weighted by Gasteiger charge is 2.06. The van der Waals surface area contributed by atoms with Crippen molar-refractivity contribution in [1.29, 1.82) is 0 Å². The van der Waals surface area contributed by atoms with Crippen LogP contribution < -0.4 is 15.8 Å². The van der Waals surface area contributed by atoms with Crippen LogP contribution in [0.3, 0.4) is 0 Å². The van der Waals surface area contributed by atoms with Gasteiger partial charge in [0.2, 0.25) is 5.88 Å². The topological polar surface area (TPSA) is 60.2 Å². The van der Waals surface area contributed by atoms with E-state index >= 15 is 0 Å². The molecule has 0 unspecified atom stereocenters. The summed E-state index contributed by atoms with van der Waals surface area (Å²) in [6, 6.07) is 11.5. The highest BCUT2D eigenvalue weighted by Crippen LogP contribution is 2.25. The van der Waals surface area contributed by atoms with Crippen molar-refractivity contribution in [3.63, 3.8) is 0 Å². The molecule has 0 radical (unpaired) electrons. The maximum atomic E-state index is 5.83. The van der Waals surface area contributed by atoms with Gasteiger partial charge < -0.3 is 15.8 Å². The van der Waals surface area contributed by atoms with Crippen LogP contribution in [-0.2, 0) is 0 Å². The molecule has 0 saturated carbocycles. The third kappa shape index (κ3) is 3.86. The molecule has 0 aliphatic carbocycles. The molecule has 0 bridgehead atoms. The predicted octanol–water partition coefficient (Wildman–Crippen LogP) is 3.96. The fourth-order valence-electron chi connectivity index (χ4n) is 1.55. The summed E-state index contributed by atoms with van der Waals surface area (Å²) in [5.41, 5.74) is 7.31. The minimum Gasteiger partial charge on any atom is -0.473 e. The lowest BCUT2D eigenvalue weighted by molar-refractivity contribution is 0.234. The number of benzene rings is 1. The van der Waals surface area contributed by atoms with Crippen LogP contribution in [-0.4, -0.2) is 11.1 Å². The number of hydrogen-bond donors (Lipinski definition) is 2. The molecule has 0 atom stereocenters. The zero-order chi connectivity index (χ0) is 13.8. The molecule has 2 rings (SSSR count). The number of nitrogens with one attached hydrogen (secondary N) is 1. The van der Waals surface area contributed by atoms with Crippen LogP contribution >= 0.6 is 15.9 Å². The quantitative estimate of drug-likeness (QED) is 0.894. The summed E-state index contributed by atoms with van der Waals surface area (Å²) in [5, 5.41) is 3.21. The third-order valence-corrected chi connectivity index (χ3v) is 2.83. The monoisotopic (exact) mass is 321 g/mol. The number of nitrogens with zero attached hydrogens (tertiary/aromatic N) is 1. The second-order valence-corrected chi connectivity index (χ2v) is 5.31. The van der Waals surface area contributed by atoms with Crippen LogP contribution in [0.2, 0.25) is 0 Å². The fourth-order valence-corrected chi connectivity index (χ4v) is 1.95.